The van der Waals surface area contributed by atoms with E-state index < -0.39 is 17.5 Å². The predicted molar refractivity (Wildman–Crippen MR) is 100 cm³/mol. The fourth-order valence-corrected chi connectivity index (χ4v) is 2.28. The van der Waals surface area contributed by atoms with Crippen LogP contribution >= 0.6 is 0 Å². The Labute approximate surface area is 158 Å². The quantitative estimate of drug-likeness (QED) is 0.624. The van der Waals surface area contributed by atoms with Gasteiger partial charge < -0.3 is 16.0 Å². The molecule has 0 unspecified atom stereocenters. The molecule has 3 aromatic rings. The van der Waals surface area contributed by atoms with Crippen molar-refractivity contribution in [3.63, 3.8) is 0 Å². The first-order valence-electron chi connectivity index (χ1n) is 8.15. The van der Waals surface area contributed by atoms with Crippen LogP contribution in [0.2, 0.25) is 0 Å². The lowest BCUT2D eigenvalue weighted by molar-refractivity contribution is -0.114. The minimum absolute atomic E-state index is 0.0711. The first kappa shape index (κ1) is 18.9. The van der Waals surface area contributed by atoms with Gasteiger partial charge in [-0.05, 0) is 48.5 Å². The van der Waals surface area contributed by atoms with E-state index in [1.807, 2.05) is 0 Å². The van der Waals surface area contributed by atoms with Gasteiger partial charge in [0.25, 0.3) is 5.91 Å². The van der Waals surface area contributed by atoms with E-state index >= 15 is 0 Å². The number of benzene rings is 2. The molecule has 142 valence electrons. The van der Waals surface area contributed by atoms with Gasteiger partial charge in [0, 0.05) is 30.1 Å². The highest BCUT2D eigenvalue weighted by Gasteiger charge is 2.10. The van der Waals surface area contributed by atoms with Crippen molar-refractivity contribution in [3.8, 4) is 0 Å². The minimum atomic E-state index is -0.988. The highest BCUT2D eigenvalue weighted by Crippen LogP contribution is 2.18. The van der Waals surface area contributed by atoms with Crippen LogP contribution in [-0.4, -0.2) is 22.0 Å². The average molecular weight is 383 g/mol. The molecule has 9 heteroatoms. The summed E-state index contributed by atoms with van der Waals surface area (Å²) in [4.78, 5) is 23.2. The summed E-state index contributed by atoms with van der Waals surface area (Å²) in [5.74, 6) is -2.34. The highest BCUT2D eigenvalue weighted by molar-refractivity contribution is 6.03. The average Bonchev–Trinajstić information content (AvgIpc) is 2.66. The number of hydrogen-bond donors (Lipinski definition) is 3. The van der Waals surface area contributed by atoms with Crippen molar-refractivity contribution in [2.45, 2.75) is 6.92 Å². The zero-order valence-corrected chi connectivity index (χ0v) is 14.7. The van der Waals surface area contributed by atoms with Gasteiger partial charge in [-0.1, -0.05) is 0 Å². The summed E-state index contributed by atoms with van der Waals surface area (Å²) in [7, 11) is 0. The smallest absolute Gasteiger partial charge is 0.276 e. The summed E-state index contributed by atoms with van der Waals surface area (Å²) in [6, 6.07) is 12.8. The lowest BCUT2D eigenvalue weighted by Gasteiger charge is -2.08. The molecule has 0 fully saturated rings. The number of anilines is 4. The molecule has 0 aliphatic rings. The fraction of sp³-hybridized carbons (Fsp3) is 0.0526. The second-order valence-electron chi connectivity index (χ2n) is 5.77. The molecule has 0 aliphatic carbocycles. The first-order valence-corrected chi connectivity index (χ1v) is 8.15. The van der Waals surface area contributed by atoms with E-state index in [4.69, 9.17) is 0 Å². The Kier molecular flexibility index (Phi) is 5.54. The SMILES string of the molecule is CC(=O)Nc1ccc(NC(=O)c2ccc(Nc3ccc(F)c(F)c3)nn2)cc1. The molecule has 3 N–H and O–H groups in total. The number of rotatable bonds is 5. The second kappa shape index (κ2) is 8.21. The summed E-state index contributed by atoms with van der Waals surface area (Å²) >= 11 is 0. The normalized spacial score (nSPS) is 10.2. The lowest BCUT2D eigenvalue weighted by atomic mass is 10.2. The molecule has 0 saturated carbocycles. The van der Waals surface area contributed by atoms with Crippen molar-refractivity contribution < 1.29 is 18.4 Å². The maximum atomic E-state index is 13.2. The molecule has 0 radical (unpaired) electrons. The van der Waals surface area contributed by atoms with Crippen LogP contribution in [0.15, 0.2) is 54.6 Å². The Hall–Kier alpha value is -3.88. The zero-order chi connectivity index (χ0) is 20.1. The van der Waals surface area contributed by atoms with Crippen LogP contribution in [0.5, 0.6) is 0 Å². The van der Waals surface area contributed by atoms with Gasteiger partial charge in [0.05, 0.1) is 0 Å². The first-order chi connectivity index (χ1) is 13.4. The third-order valence-electron chi connectivity index (χ3n) is 3.55. The number of carbonyl (C=O) groups excluding carboxylic acids is 2. The standard InChI is InChI=1S/C19H15F2N5O2/c1-11(27)22-12-2-4-13(5-3-12)24-19(28)17-8-9-18(26-25-17)23-14-6-7-15(20)16(21)10-14/h2-10H,1H3,(H,22,27)(H,23,26)(H,24,28). The second-order valence-corrected chi connectivity index (χ2v) is 5.77. The fourth-order valence-electron chi connectivity index (χ4n) is 2.28. The largest absolute Gasteiger partial charge is 0.339 e. The summed E-state index contributed by atoms with van der Waals surface area (Å²) in [6.07, 6.45) is 0. The molecule has 2 aromatic carbocycles. The third kappa shape index (κ3) is 4.85. The maximum absolute atomic E-state index is 13.2. The van der Waals surface area contributed by atoms with Crippen molar-refractivity contribution in [3.05, 3.63) is 71.9 Å². The maximum Gasteiger partial charge on any atom is 0.276 e. The third-order valence-corrected chi connectivity index (χ3v) is 3.55. The number of carbonyl (C=O) groups is 2. The van der Waals surface area contributed by atoms with Gasteiger partial charge in [-0.2, -0.15) is 0 Å². The number of amides is 2. The van der Waals surface area contributed by atoms with E-state index in [1.165, 1.54) is 25.1 Å². The van der Waals surface area contributed by atoms with Gasteiger partial charge in [0.2, 0.25) is 5.91 Å². The van der Waals surface area contributed by atoms with E-state index in [2.05, 4.69) is 26.1 Å². The molecule has 0 spiro atoms. The van der Waals surface area contributed by atoms with Crippen LogP contribution in [0.1, 0.15) is 17.4 Å². The van der Waals surface area contributed by atoms with Crippen LogP contribution in [0.25, 0.3) is 0 Å². The molecular formula is C19H15F2N5O2. The predicted octanol–water partition coefficient (Wildman–Crippen LogP) is 3.71. The molecule has 0 saturated heterocycles. The van der Waals surface area contributed by atoms with Crippen molar-refractivity contribution >= 4 is 34.7 Å². The topological polar surface area (TPSA) is 96.0 Å². The molecule has 2 amide bonds. The van der Waals surface area contributed by atoms with Crippen LogP contribution < -0.4 is 16.0 Å². The molecule has 0 bridgehead atoms. The van der Waals surface area contributed by atoms with Gasteiger partial charge in [0.1, 0.15) is 0 Å². The van der Waals surface area contributed by atoms with Gasteiger partial charge >= 0.3 is 0 Å². The van der Waals surface area contributed by atoms with Crippen LogP contribution in [-0.2, 0) is 4.79 Å². The van der Waals surface area contributed by atoms with Crippen molar-refractivity contribution in [2.75, 3.05) is 16.0 Å². The number of halogens is 2. The molecule has 0 atom stereocenters. The molecule has 1 aromatic heterocycles. The number of nitrogens with one attached hydrogen (secondary N) is 3. The van der Waals surface area contributed by atoms with Gasteiger partial charge in [0.15, 0.2) is 23.1 Å². The Balaban J connectivity index is 1.63. The summed E-state index contributed by atoms with van der Waals surface area (Å²) < 4.78 is 26.2. The van der Waals surface area contributed by atoms with Gasteiger partial charge in [-0.15, -0.1) is 10.2 Å². The molecule has 28 heavy (non-hydrogen) atoms. The summed E-state index contributed by atoms with van der Waals surface area (Å²) in [6.45, 7) is 1.40. The Morgan fingerprint density at radius 3 is 2.00 bits per heavy atom. The lowest BCUT2D eigenvalue weighted by Crippen LogP contribution is -2.14. The Morgan fingerprint density at radius 2 is 1.43 bits per heavy atom. The molecule has 3 rings (SSSR count). The van der Waals surface area contributed by atoms with Crippen LogP contribution in [0.3, 0.4) is 0 Å². The Bertz CT molecular complexity index is 1010. The van der Waals surface area contributed by atoms with E-state index in [0.29, 0.717) is 17.1 Å². The molecule has 0 aliphatic heterocycles. The monoisotopic (exact) mass is 383 g/mol. The van der Waals surface area contributed by atoms with Crippen molar-refractivity contribution in [2.24, 2.45) is 0 Å². The summed E-state index contributed by atoms with van der Waals surface area (Å²) in [5, 5.41) is 15.7. The molecule has 7 nitrogen and oxygen atoms in total. The van der Waals surface area contributed by atoms with Gasteiger partial charge in [-0.3, -0.25) is 9.59 Å². The van der Waals surface area contributed by atoms with E-state index in [1.54, 1.807) is 24.3 Å². The van der Waals surface area contributed by atoms with Gasteiger partial charge in [-0.25, -0.2) is 8.78 Å². The van der Waals surface area contributed by atoms with Crippen molar-refractivity contribution in [1.82, 2.24) is 10.2 Å². The van der Waals surface area contributed by atoms with Crippen molar-refractivity contribution in [1.29, 1.82) is 0 Å². The van der Waals surface area contributed by atoms with E-state index in [-0.39, 0.29) is 17.4 Å². The number of hydrogen-bond acceptors (Lipinski definition) is 5. The Morgan fingerprint density at radius 1 is 0.786 bits per heavy atom. The number of nitrogens with zero attached hydrogens (tertiary/aromatic N) is 2. The van der Waals surface area contributed by atoms with Crippen LogP contribution in [0, 0.1) is 11.6 Å². The minimum Gasteiger partial charge on any atom is -0.339 e. The van der Waals surface area contributed by atoms with Crippen LogP contribution in [0.4, 0.5) is 31.7 Å². The highest BCUT2D eigenvalue weighted by atomic mass is 19.2. The summed E-state index contributed by atoms with van der Waals surface area (Å²) in [5.41, 5.74) is 1.49. The molecule has 1 heterocycles. The van der Waals surface area contributed by atoms with E-state index in [9.17, 15) is 18.4 Å². The number of aromatic nitrogens is 2. The zero-order valence-electron chi connectivity index (χ0n) is 14.7. The molecular weight excluding hydrogens is 368 g/mol. The van der Waals surface area contributed by atoms with E-state index in [0.717, 1.165) is 12.1 Å².